The maximum Gasteiger partial charge on any atom is 0.0365 e. The van der Waals surface area contributed by atoms with Crippen LogP contribution in [-0.4, -0.2) is 4.43 Å². The van der Waals surface area contributed by atoms with Gasteiger partial charge >= 0.3 is 0 Å². The van der Waals surface area contributed by atoms with Crippen molar-refractivity contribution < 1.29 is 0 Å². The normalized spacial score (nSPS) is 20.1. The van der Waals surface area contributed by atoms with Gasteiger partial charge in [0.2, 0.25) is 0 Å². The minimum atomic E-state index is 0.424. The van der Waals surface area contributed by atoms with Gasteiger partial charge in [-0.05, 0) is 102 Å². The Morgan fingerprint density at radius 3 is 2.39 bits per heavy atom. The molecule has 1 aliphatic rings. The number of allylic oxidation sites excluding steroid dienone is 4. The molecule has 3 heteroatoms. The Bertz CT molecular complexity index is 982. The monoisotopic (exact) mass is 680 g/mol. The zero-order valence-electron chi connectivity index (χ0n) is 22.2. The maximum atomic E-state index is 6.24. The van der Waals surface area contributed by atoms with E-state index in [0.717, 1.165) is 5.03 Å². The summed E-state index contributed by atoms with van der Waals surface area (Å²) in [6.07, 6.45) is 16.6. The van der Waals surface area contributed by atoms with Gasteiger partial charge in [-0.1, -0.05) is 132 Å². The van der Waals surface area contributed by atoms with Crippen molar-refractivity contribution in [2.75, 3.05) is 4.43 Å². The summed E-state index contributed by atoms with van der Waals surface area (Å²) >= 11 is 12.7. The summed E-state index contributed by atoms with van der Waals surface area (Å²) in [5.74, 6) is 2.90. The van der Waals surface area contributed by atoms with Gasteiger partial charge in [-0.15, -0.1) is 0 Å². The van der Waals surface area contributed by atoms with E-state index in [1.807, 2.05) is 0 Å². The summed E-state index contributed by atoms with van der Waals surface area (Å²) in [7, 11) is 0. The average molecular weight is 682 g/mol. The van der Waals surface area contributed by atoms with Crippen molar-refractivity contribution in [1.29, 1.82) is 0 Å². The highest BCUT2D eigenvalue weighted by Crippen LogP contribution is 2.39. The Morgan fingerprint density at radius 1 is 0.972 bits per heavy atom. The second kappa shape index (κ2) is 15.7. The fourth-order valence-electron chi connectivity index (χ4n) is 5.80. The fourth-order valence-corrected chi connectivity index (χ4v) is 7.04. The molecule has 3 rings (SSSR count). The Balaban J connectivity index is 1.85. The van der Waals surface area contributed by atoms with Gasteiger partial charge in [-0.25, -0.2) is 0 Å². The Kier molecular flexibility index (Phi) is 13.1. The van der Waals surface area contributed by atoms with Gasteiger partial charge in [0.25, 0.3) is 0 Å². The Hall–Kier alpha value is -0.580. The minimum absolute atomic E-state index is 0.424. The summed E-state index contributed by atoms with van der Waals surface area (Å²) < 4.78 is 2.46. The van der Waals surface area contributed by atoms with Crippen molar-refractivity contribution in [1.82, 2.24) is 0 Å². The van der Waals surface area contributed by atoms with Crippen molar-refractivity contribution in [3.05, 3.63) is 93.0 Å². The average Bonchev–Trinajstić information content (AvgIpc) is 2.87. The molecule has 0 aromatic heterocycles. The topological polar surface area (TPSA) is 0 Å². The first-order chi connectivity index (χ1) is 17.4. The lowest BCUT2D eigenvalue weighted by molar-refractivity contribution is 0.355. The van der Waals surface area contributed by atoms with Crippen LogP contribution < -0.4 is 0 Å². The summed E-state index contributed by atoms with van der Waals surface area (Å²) in [5, 5.41) is 0.889. The fraction of sp³-hybridized carbons (Fsp3) is 0.515. The molecule has 5 atom stereocenters. The number of alkyl halides is 1. The predicted molar refractivity (Wildman–Crippen MR) is 172 cm³/mol. The first-order valence-corrected chi connectivity index (χ1v) is 16.6. The number of halogens is 3. The van der Waals surface area contributed by atoms with Crippen molar-refractivity contribution >= 4 is 50.1 Å². The first kappa shape index (κ1) is 30.0. The molecule has 0 aliphatic heterocycles. The lowest BCUT2D eigenvalue weighted by atomic mass is 9.77. The van der Waals surface area contributed by atoms with E-state index in [9.17, 15) is 0 Å². The molecule has 0 radical (unpaired) electrons. The third-order valence-corrected chi connectivity index (χ3v) is 9.47. The highest BCUT2D eigenvalue weighted by Gasteiger charge is 2.23. The molecule has 0 fully saturated rings. The van der Waals surface area contributed by atoms with Crippen LogP contribution in [0.15, 0.2) is 76.3 Å². The van der Waals surface area contributed by atoms with Crippen molar-refractivity contribution in [3.8, 4) is 0 Å². The zero-order valence-corrected chi connectivity index (χ0v) is 26.7. The smallest absolute Gasteiger partial charge is 0.0365 e. The number of rotatable bonds is 14. The molecule has 5 unspecified atom stereocenters. The van der Waals surface area contributed by atoms with Crippen molar-refractivity contribution in [2.24, 2.45) is 17.8 Å². The van der Waals surface area contributed by atoms with Crippen LogP contribution in [0.4, 0.5) is 0 Å². The summed E-state index contributed by atoms with van der Waals surface area (Å²) in [6, 6.07) is 18.5. The SMILES string of the molecule is CCCC(CCCI)c1cc(Br)cc(C(CC(CC)CCC2C=CC(Cl)=CC2C)c2ccccc2)c1. The van der Waals surface area contributed by atoms with Crippen molar-refractivity contribution in [2.45, 2.75) is 84.0 Å². The van der Waals surface area contributed by atoms with E-state index in [1.54, 1.807) is 0 Å². The first-order valence-electron chi connectivity index (χ1n) is 13.9. The molecule has 0 saturated heterocycles. The van der Waals surface area contributed by atoms with Gasteiger partial charge in [0, 0.05) is 15.4 Å². The van der Waals surface area contributed by atoms with Crippen LogP contribution in [0.25, 0.3) is 0 Å². The van der Waals surface area contributed by atoms with E-state index < -0.39 is 0 Å². The van der Waals surface area contributed by atoms with E-state index in [1.165, 1.54) is 77.0 Å². The molecule has 2 aromatic carbocycles. The number of benzene rings is 2. The zero-order chi connectivity index (χ0) is 25.9. The second-order valence-corrected chi connectivity index (χ2v) is 13.0. The molecule has 36 heavy (non-hydrogen) atoms. The van der Waals surface area contributed by atoms with Crippen LogP contribution in [0.3, 0.4) is 0 Å². The minimum Gasteiger partial charge on any atom is -0.0864 e. The molecule has 2 aromatic rings. The van der Waals surface area contributed by atoms with Crippen LogP contribution in [0, 0.1) is 17.8 Å². The van der Waals surface area contributed by atoms with E-state index in [2.05, 4.69) is 126 Å². The quantitative estimate of drug-likeness (QED) is 0.138. The molecule has 0 saturated carbocycles. The van der Waals surface area contributed by atoms with Gasteiger partial charge in [-0.2, -0.15) is 0 Å². The highest BCUT2D eigenvalue weighted by molar-refractivity contribution is 14.1. The molecule has 0 heterocycles. The van der Waals surface area contributed by atoms with Gasteiger partial charge in [0.1, 0.15) is 0 Å². The van der Waals surface area contributed by atoms with Gasteiger partial charge in [0.05, 0.1) is 0 Å². The van der Waals surface area contributed by atoms with E-state index in [0.29, 0.717) is 29.6 Å². The number of hydrogen-bond donors (Lipinski definition) is 0. The standard InChI is InChI=1S/C33H43BrClI/c1-4-10-27(13-9-18-36)29-21-30(23-31(34)22-29)33(28-11-7-6-8-12-28)20-25(5-2)14-15-26-16-17-32(35)19-24(26)3/h6-8,11-12,16-17,19,21-27,33H,4-5,9-10,13-15,18,20H2,1-3H3. The summed E-state index contributed by atoms with van der Waals surface area (Å²) in [4.78, 5) is 0. The Morgan fingerprint density at radius 2 is 1.72 bits per heavy atom. The third kappa shape index (κ3) is 9.02. The van der Waals surface area contributed by atoms with Crippen LogP contribution in [-0.2, 0) is 0 Å². The van der Waals surface area contributed by atoms with Crippen molar-refractivity contribution in [3.63, 3.8) is 0 Å². The van der Waals surface area contributed by atoms with E-state index >= 15 is 0 Å². The van der Waals surface area contributed by atoms with Crippen LogP contribution in [0.5, 0.6) is 0 Å². The predicted octanol–water partition coefficient (Wildman–Crippen LogP) is 11.8. The Labute approximate surface area is 247 Å². The second-order valence-electron chi connectivity index (χ2n) is 10.6. The molecule has 0 amide bonds. The molecular formula is C33H43BrClI. The summed E-state index contributed by atoms with van der Waals surface area (Å²) in [5.41, 5.74) is 4.44. The third-order valence-electron chi connectivity index (χ3n) is 8.00. The summed E-state index contributed by atoms with van der Waals surface area (Å²) in [6.45, 7) is 7.00. The van der Waals surface area contributed by atoms with Crippen LogP contribution >= 0.6 is 50.1 Å². The molecule has 0 N–H and O–H groups in total. The van der Waals surface area contributed by atoms with Crippen LogP contribution in [0.2, 0.25) is 0 Å². The van der Waals surface area contributed by atoms with Gasteiger partial charge in [0.15, 0.2) is 0 Å². The lowest BCUT2D eigenvalue weighted by Gasteiger charge is -2.28. The van der Waals surface area contributed by atoms with E-state index in [4.69, 9.17) is 11.6 Å². The highest BCUT2D eigenvalue weighted by atomic mass is 127. The molecule has 0 nitrogen and oxygen atoms in total. The maximum absolute atomic E-state index is 6.24. The van der Waals surface area contributed by atoms with Gasteiger partial charge < -0.3 is 0 Å². The molecule has 0 bridgehead atoms. The molecule has 196 valence electrons. The lowest BCUT2D eigenvalue weighted by Crippen LogP contribution is -2.14. The number of hydrogen-bond acceptors (Lipinski definition) is 0. The van der Waals surface area contributed by atoms with Crippen LogP contribution in [0.1, 0.15) is 101 Å². The molecular weight excluding hydrogens is 639 g/mol. The largest absolute Gasteiger partial charge is 0.0864 e. The van der Waals surface area contributed by atoms with Gasteiger partial charge in [-0.3, -0.25) is 0 Å². The van der Waals surface area contributed by atoms with E-state index in [-0.39, 0.29) is 0 Å². The molecule has 0 spiro atoms. The molecule has 1 aliphatic carbocycles.